The number of rotatable bonds is 14. The summed E-state index contributed by atoms with van der Waals surface area (Å²) in [6, 6.07) is 8.26. The van der Waals surface area contributed by atoms with Crippen LogP contribution in [-0.4, -0.2) is 50.8 Å². The van der Waals surface area contributed by atoms with Gasteiger partial charge in [0.05, 0.1) is 25.6 Å². The number of esters is 1. The van der Waals surface area contributed by atoms with Crippen LogP contribution in [0.3, 0.4) is 0 Å². The van der Waals surface area contributed by atoms with Crippen molar-refractivity contribution in [3.63, 3.8) is 0 Å². The van der Waals surface area contributed by atoms with E-state index in [9.17, 15) is 9.36 Å². The molecule has 3 aromatic rings. The van der Waals surface area contributed by atoms with Crippen LogP contribution in [0.4, 0.5) is 11.8 Å². The third-order valence-corrected chi connectivity index (χ3v) is 10.1. The van der Waals surface area contributed by atoms with Crippen molar-refractivity contribution in [3.8, 4) is 5.75 Å². The molecule has 0 amide bonds. The van der Waals surface area contributed by atoms with Crippen LogP contribution in [0.2, 0.25) is 0 Å². The molecule has 13 heteroatoms. The first-order valence-electron chi connectivity index (χ1n) is 15.7. The monoisotopic (exact) mass is 623 g/mol. The van der Waals surface area contributed by atoms with Crippen molar-refractivity contribution >= 4 is 36.6 Å². The Morgan fingerprint density at radius 1 is 1.11 bits per heavy atom. The van der Waals surface area contributed by atoms with Gasteiger partial charge in [0, 0.05) is 12.0 Å². The number of para-hydroxylation sites is 1. The smallest absolute Gasteiger partial charge is 0.459 e. The molecule has 0 spiro atoms. The number of nitrogens with two attached hydrogens (primary N) is 1. The van der Waals surface area contributed by atoms with Gasteiger partial charge in [-0.3, -0.25) is 9.32 Å². The van der Waals surface area contributed by atoms with Gasteiger partial charge in [-0.25, -0.2) is 9.55 Å². The summed E-state index contributed by atoms with van der Waals surface area (Å²) in [7, 11) is -3.95. The highest BCUT2D eigenvalue weighted by Crippen LogP contribution is 2.46. The number of fused-ring (bicyclic) bond motifs is 1. The highest BCUT2D eigenvalue weighted by Gasteiger charge is 2.34. The summed E-state index contributed by atoms with van der Waals surface area (Å²) in [6.45, 7) is 2.08. The molecule has 4 N–H and O–H groups in total. The van der Waals surface area contributed by atoms with Crippen LogP contribution in [-0.2, 0) is 18.6 Å². The van der Waals surface area contributed by atoms with Crippen molar-refractivity contribution in [3.05, 3.63) is 48.8 Å². The molecule has 6 rings (SSSR count). The first kappa shape index (κ1) is 30.6. The maximum atomic E-state index is 14.0. The van der Waals surface area contributed by atoms with Crippen LogP contribution in [0.25, 0.3) is 11.2 Å². The van der Waals surface area contributed by atoms with Crippen molar-refractivity contribution in [1.29, 1.82) is 0 Å². The van der Waals surface area contributed by atoms with E-state index in [1.54, 1.807) is 37.5 Å². The summed E-state index contributed by atoms with van der Waals surface area (Å²) in [4.78, 5) is 26.2. The molecule has 2 fully saturated rings. The molecule has 2 unspecified atom stereocenters. The zero-order chi connectivity index (χ0) is 30.5. The minimum atomic E-state index is -3.95. The molecule has 44 heavy (non-hydrogen) atoms. The second-order valence-corrected chi connectivity index (χ2v) is 13.8. The summed E-state index contributed by atoms with van der Waals surface area (Å²) < 4.78 is 33.3. The van der Waals surface area contributed by atoms with E-state index in [0.29, 0.717) is 47.7 Å². The molecule has 236 valence electrons. The van der Waals surface area contributed by atoms with E-state index in [-0.39, 0.29) is 24.5 Å². The van der Waals surface area contributed by atoms with Gasteiger partial charge in [0.15, 0.2) is 17.0 Å². The molecule has 0 radical (unpaired) electrons. The minimum Gasteiger partial charge on any atom is -0.465 e. The zero-order valence-electron chi connectivity index (χ0n) is 25.1. The topological polar surface area (TPSA) is 156 Å². The van der Waals surface area contributed by atoms with E-state index in [1.807, 2.05) is 16.7 Å². The van der Waals surface area contributed by atoms with Gasteiger partial charge in [0.1, 0.15) is 11.8 Å². The van der Waals surface area contributed by atoms with E-state index in [2.05, 4.69) is 31.4 Å². The molecule has 3 aliphatic rings. The van der Waals surface area contributed by atoms with Crippen LogP contribution >= 0.6 is 7.75 Å². The molecule has 2 heterocycles. The summed E-state index contributed by atoms with van der Waals surface area (Å²) in [6.07, 6.45) is 15.7. The van der Waals surface area contributed by atoms with Crippen molar-refractivity contribution in [2.24, 2.45) is 11.8 Å². The number of hydrogen-bond donors (Lipinski definition) is 3. The second-order valence-electron chi connectivity index (χ2n) is 12.1. The maximum absolute atomic E-state index is 14.0. The van der Waals surface area contributed by atoms with Gasteiger partial charge in [-0.15, -0.1) is 0 Å². The van der Waals surface area contributed by atoms with Gasteiger partial charge in [-0.05, 0) is 50.7 Å². The number of nitrogens with one attached hydrogen (secondary N) is 2. The predicted molar refractivity (Wildman–Crippen MR) is 168 cm³/mol. The third kappa shape index (κ3) is 7.78. The molecule has 2 aromatic heterocycles. The average molecular weight is 624 g/mol. The molecule has 0 saturated heterocycles. The lowest BCUT2D eigenvalue weighted by Crippen LogP contribution is -2.35. The number of nitrogen functional groups attached to an aromatic ring is 1. The van der Waals surface area contributed by atoms with Crippen LogP contribution in [0.1, 0.15) is 70.8 Å². The van der Waals surface area contributed by atoms with Crippen molar-refractivity contribution < 1.29 is 23.1 Å². The summed E-state index contributed by atoms with van der Waals surface area (Å²) in [5.74, 6) is 1.28. The molecule has 0 bridgehead atoms. The molecule has 1 aromatic carbocycles. The van der Waals surface area contributed by atoms with Gasteiger partial charge in [-0.2, -0.15) is 15.1 Å². The number of imidazole rings is 1. The Morgan fingerprint density at radius 2 is 1.91 bits per heavy atom. The number of aromatic nitrogens is 4. The number of benzene rings is 1. The van der Waals surface area contributed by atoms with Gasteiger partial charge < -0.3 is 24.9 Å². The van der Waals surface area contributed by atoms with Gasteiger partial charge in [-0.1, -0.05) is 62.5 Å². The first-order chi connectivity index (χ1) is 21.3. The zero-order valence-corrected chi connectivity index (χ0v) is 26.0. The molecular formula is C31H42N7O5P. The molecular weight excluding hydrogens is 581 g/mol. The Kier molecular flexibility index (Phi) is 9.49. The number of allylic oxidation sites excluding steroid dienone is 1. The van der Waals surface area contributed by atoms with Gasteiger partial charge in [0.25, 0.3) is 0 Å². The highest BCUT2D eigenvalue weighted by atomic mass is 31.2. The molecule has 0 aliphatic heterocycles. The van der Waals surface area contributed by atoms with Crippen LogP contribution in [0, 0.1) is 11.8 Å². The molecule has 12 nitrogen and oxygen atoms in total. The van der Waals surface area contributed by atoms with Crippen molar-refractivity contribution in [2.45, 2.75) is 82.8 Å². The van der Waals surface area contributed by atoms with E-state index in [0.717, 1.165) is 19.3 Å². The van der Waals surface area contributed by atoms with E-state index >= 15 is 0 Å². The Hall–Kier alpha value is -3.47. The van der Waals surface area contributed by atoms with Crippen LogP contribution in [0.15, 0.2) is 48.8 Å². The Balaban J connectivity index is 1.07. The highest BCUT2D eigenvalue weighted by molar-refractivity contribution is 7.52. The fourth-order valence-corrected chi connectivity index (χ4v) is 7.45. The lowest BCUT2D eigenvalue weighted by atomic mass is 9.87. The number of nitrogens with zero attached hydrogens (tertiary/aromatic N) is 4. The van der Waals surface area contributed by atoms with E-state index < -0.39 is 19.8 Å². The standard InChI is InChI=1S/C31H42N7O5P/c1-21(30(39)41-17-16-22-8-4-2-5-9-22)37-44(40,43-26-10-6-3-7-11-26)42-19-23-12-15-25(18-23)38-20-33-27-28(34-24-13-14-24)35-31(32)36-29(27)38/h3,6-7,10-12,15,20-25H,2,4-5,8-9,13-14,16-19H2,1H3,(H,37,40)(H3,32,34,35,36)/t21-,23+,25?,44?/m0/s1. The summed E-state index contributed by atoms with van der Waals surface area (Å²) in [5.41, 5.74) is 7.37. The molecule has 3 aliphatic carbocycles. The lowest BCUT2D eigenvalue weighted by molar-refractivity contribution is -0.145. The van der Waals surface area contributed by atoms with Crippen molar-refractivity contribution in [1.82, 2.24) is 24.6 Å². The average Bonchev–Trinajstić information content (AvgIpc) is 3.53. The van der Waals surface area contributed by atoms with Gasteiger partial charge in [0.2, 0.25) is 5.95 Å². The number of anilines is 2. The van der Waals surface area contributed by atoms with Crippen LogP contribution < -0.4 is 20.7 Å². The number of ether oxygens (including phenoxy) is 1. The molecule has 4 atom stereocenters. The Morgan fingerprint density at radius 3 is 2.68 bits per heavy atom. The number of carbonyl (C=O) groups is 1. The largest absolute Gasteiger partial charge is 0.465 e. The number of hydrogen-bond acceptors (Lipinski definition) is 10. The predicted octanol–water partition coefficient (Wildman–Crippen LogP) is 5.80. The second kappa shape index (κ2) is 13.7. The fraction of sp³-hybridized carbons (Fsp3) is 0.548. The van der Waals surface area contributed by atoms with Crippen LogP contribution in [0.5, 0.6) is 5.75 Å². The quantitative estimate of drug-likeness (QED) is 0.113. The Labute approximate surface area is 257 Å². The van der Waals surface area contributed by atoms with Gasteiger partial charge >= 0.3 is 13.7 Å². The number of carbonyl (C=O) groups excluding carboxylic acids is 1. The van der Waals surface area contributed by atoms with E-state index in [4.69, 9.17) is 19.5 Å². The Bertz CT molecular complexity index is 1510. The third-order valence-electron chi connectivity index (χ3n) is 8.49. The molecule has 2 saturated carbocycles. The maximum Gasteiger partial charge on any atom is 0.459 e. The minimum absolute atomic E-state index is 0.0443. The van der Waals surface area contributed by atoms with Crippen molar-refractivity contribution in [2.75, 3.05) is 24.3 Å². The summed E-state index contributed by atoms with van der Waals surface area (Å²) >= 11 is 0. The van der Waals surface area contributed by atoms with E-state index in [1.165, 1.54) is 32.1 Å². The fourth-order valence-electron chi connectivity index (χ4n) is 5.90. The SMILES string of the molecule is C[C@H](NP(=O)(OC[C@@H]1C=CC(n2cnc3c(NC4CC4)nc(N)nc32)C1)Oc1ccccc1)C(=O)OCCC1CCCCC1. The first-order valence-corrected chi connectivity index (χ1v) is 17.3. The summed E-state index contributed by atoms with van der Waals surface area (Å²) in [5, 5.41) is 6.20. The lowest BCUT2D eigenvalue weighted by Gasteiger charge is -2.24. The normalized spacial score (nSPS) is 22.5.